The third kappa shape index (κ3) is 21.3. The van der Waals surface area contributed by atoms with Crippen molar-refractivity contribution in [1.82, 2.24) is 0 Å². The van der Waals surface area contributed by atoms with E-state index in [0.29, 0.717) is 12.7 Å². The lowest BCUT2D eigenvalue weighted by Crippen LogP contribution is -2.47. The van der Waals surface area contributed by atoms with Crippen LogP contribution in [0.4, 0.5) is 0 Å². The van der Waals surface area contributed by atoms with Gasteiger partial charge in [-0.2, -0.15) is 0 Å². The van der Waals surface area contributed by atoms with Crippen molar-refractivity contribution in [2.45, 2.75) is 142 Å². The molecule has 0 amide bonds. The average molecular weight is 505 g/mol. The molecule has 2 atom stereocenters. The fourth-order valence-electron chi connectivity index (χ4n) is 4.67. The minimum absolute atomic E-state index is 0.0941. The van der Waals surface area contributed by atoms with Crippen LogP contribution in [0.3, 0.4) is 0 Å². The maximum Gasteiger partial charge on any atom is 0.498 e. The van der Waals surface area contributed by atoms with Crippen LogP contribution >= 0.6 is 0 Å². The van der Waals surface area contributed by atoms with Gasteiger partial charge in [-0.25, -0.2) is 0 Å². The van der Waals surface area contributed by atoms with Crippen LogP contribution in [0.5, 0.6) is 0 Å². The highest BCUT2D eigenvalue weighted by Crippen LogP contribution is 2.18. The van der Waals surface area contributed by atoms with Gasteiger partial charge in [-0.3, -0.25) is 0 Å². The van der Waals surface area contributed by atoms with Crippen LogP contribution in [-0.4, -0.2) is 69.7 Å². The number of rotatable bonds is 26. The lowest BCUT2D eigenvalue weighted by atomic mass is 10.0. The van der Waals surface area contributed by atoms with Gasteiger partial charge in [0.05, 0.1) is 39.9 Å². The Morgan fingerprint density at radius 3 is 1.50 bits per heavy atom. The molecule has 0 aliphatic heterocycles. The normalized spacial score (nSPS) is 14.9. The van der Waals surface area contributed by atoms with E-state index in [1.807, 2.05) is 6.92 Å². The van der Waals surface area contributed by atoms with E-state index >= 15 is 0 Å². The molecule has 5 nitrogen and oxygen atoms in total. The molecule has 6 heteroatoms. The maximum atomic E-state index is 10.7. The molecule has 0 aromatic heterocycles. The van der Waals surface area contributed by atoms with Crippen LogP contribution in [-0.2, 0) is 8.85 Å². The molecule has 0 fully saturated rings. The molecule has 2 unspecified atom stereocenters. The van der Waals surface area contributed by atoms with Crippen LogP contribution in [0, 0.1) is 0 Å². The van der Waals surface area contributed by atoms with Crippen molar-refractivity contribution in [2.24, 2.45) is 0 Å². The molecule has 34 heavy (non-hydrogen) atoms. The van der Waals surface area contributed by atoms with Gasteiger partial charge in [0.2, 0.25) is 0 Å². The van der Waals surface area contributed by atoms with Crippen LogP contribution in [0.2, 0.25) is 6.04 Å². The van der Waals surface area contributed by atoms with E-state index in [2.05, 4.69) is 21.0 Å². The summed E-state index contributed by atoms with van der Waals surface area (Å²) in [7, 11) is 1.38. The largest absolute Gasteiger partial charge is 0.498 e. The second-order valence-electron chi connectivity index (χ2n) is 11.0. The van der Waals surface area contributed by atoms with Crippen LogP contribution in [0.15, 0.2) is 0 Å². The van der Waals surface area contributed by atoms with Gasteiger partial charge in [-0.15, -0.1) is 0 Å². The molecule has 206 valence electrons. The number of quaternary nitrogens is 1. The third-order valence-electron chi connectivity index (χ3n) is 6.89. The molecule has 0 saturated heterocycles. The summed E-state index contributed by atoms with van der Waals surface area (Å²) in [5, 5.41) is 9.22. The number of hydrogen-bond donors (Lipinski definition) is 2. The summed E-state index contributed by atoms with van der Waals surface area (Å²) in [6.45, 7) is 8.48. The van der Waals surface area contributed by atoms with Gasteiger partial charge in [0.1, 0.15) is 0 Å². The molecular formula is C28H62NO4Si+. The predicted molar refractivity (Wildman–Crippen MR) is 148 cm³/mol. The van der Waals surface area contributed by atoms with Crippen molar-refractivity contribution >= 4 is 8.80 Å². The zero-order valence-corrected chi connectivity index (χ0v) is 24.8. The minimum atomic E-state index is -3.18. The molecule has 0 saturated carbocycles. The number of nitrogens with zero attached hydrogens (tertiary/aromatic N) is 1. The first kappa shape index (κ1) is 34.0. The minimum Gasteiger partial charge on any atom is -0.394 e. The molecule has 0 spiro atoms. The lowest BCUT2D eigenvalue weighted by Gasteiger charge is -2.32. The van der Waals surface area contributed by atoms with E-state index in [1.54, 1.807) is 6.92 Å². The van der Waals surface area contributed by atoms with Crippen LogP contribution in [0.25, 0.3) is 0 Å². The second kappa shape index (κ2) is 22.2. The van der Waals surface area contributed by atoms with Crippen molar-refractivity contribution in [3.63, 3.8) is 0 Å². The van der Waals surface area contributed by atoms with Crippen molar-refractivity contribution in [3.05, 3.63) is 0 Å². The van der Waals surface area contributed by atoms with Gasteiger partial charge < -0.3 is 23.2 Å². The Balaban J connectivity index is 3.65. The van der Waals surface area contributed by atoms with Crippen LogP contribution in [0.1, 0.15) is 130 Å². The quantitative estimate of drug-likeness (QED) is 0.0750. The first-order valence-electron chi connectivity index (χ1n) is 14.8. The summed E-state index contributed by atoms with van der Waals surface area (Å²) in [5.41, 5.74) is 0. The van der Waals surface area contributed by atoms with E-state index in [1.165, 1.54) is 109 Å². The van der Waals surface area contributed by atoms with Gasteiger partial charge in [-0.05, 0) is 26.7 Å². The molecule has 0 aliphatic carbocycles. The number of aliphatic hydroxyl groups is 1. The van der Waals surface area contributed by atoms with Gasteiger partial charge in [-0.1, -0.05) is 96.8 Å². The zero-order chi connectivity index (χ0) is 25.5. The summed E-state index contributed by atoms with van der Waals surface area (Å²) < 4.78 is 12.2. The van der Waals surface area contributed by atoms with Gasteiger partial charge >= 0.3 is 8.80 Å². The number of unbranched alkanes of at least 4 members (excludes halogenated alkanes) is 15. The predicted octanol–water partition coefficient (Wildman–Crippen LogP) is 7.08. The number of hydrogen-bond acceptors (Lipinski definition) is 4. The first-order valence-corrected chi connectivity index (χ1v) is 16.7. The molecule has 0 radical (unpaired) electrons. The summed E-state index contributed by atoms with van der Waals surface area (Å²) in [6, 6.07) is 0.561. The maximum absolute atomic E-state index is 10.7. The first-order chi connectivity index (χ1) is 16.3. The highest BCUT2D eigenvalue weighted by molar-refractivity contribution is 6.59. The lowest BCUT2D eigenvalue weighted by molar-refractivity contribution is -0.890. The Morgan fingerprint density at radius 2 is 1.09 bits per heavy atom. The summed E-state index contributed by atoms with van der Waals surface area (Å²) in [5.74, 6) is 0. The summed E-state index contributed by atoms with van der Waals surface area (Å²) >= 11 is 0. The molecule has 0 aliphatic rings. The van der Waals surface area contributed by atoms with Crippen molar-refractivity contribution in [1.29, 1.82) is 0 Å². The zero-order valence-electron chi connectivity index (χ0n) is 23.8. The van der Waals surface area contributed by atoms with E-state index in [-0.39, 0.29) is 12.7 Å². The molecule has 0 bridgehead atoms. The second-order valence-corrected chi connectivity index (χ2v) is 13.5. The van der Waals surface area contributed by atoms with E-state index in [9.17, 15) is 9.90 Å². The molecule has 0 aromatic carbocycles. The summed E-state index contributed by atoms with van der Waals surface area (Å²) in [6.07, 6.45) is 23.0. The Kier molecular flexibility index (Phi) is 22.2. The molecule has 0 aromatic rings. The molecular weight excluding hydrogens is 442 g/mol. The molecule has 2 N–H and O–H groups in total. The fourth-order valence-corrected chi connectivity index (χ4v) is 6.76. The monoisotopic (exact) mass is 504 g/mol. The van der Waals surface area contributed by atoms with E-state index < -0.39 is 8.80 Å². The average Bonchev–Trinajstić information content (AvgIpc) is 2.78. The fraction of sp³-hybridized carbons (Fsp3) is 1.00. The van der Waals surface area contributed by atoms with Gasteiger partial charge in [0.25, 0.3) is 0 Å². The SMILES string of the molecule is CCCCCCCCCCCCCCCCCC[N+](C)(C)CCC[Si](O)(OCC)OC(C)CO. The van der Waals surface area contributed by atoms with Crippen molar-refractivity contribution in [2.75, 3.05) is 40.4 Å². The van der Waals surface area contributed by atoms with Crippen molar-refractivity contribution < 1.29 is 23.2 Å². The van der Waals surface area contributed by atoms with Gasteiger partial charge in [0, 0.05) is 19.1 Å². The van der Waals surface area contributed by atoms with Crippen molar-refractivity contribution in [3.8, 4) is 0 Å². The highest BCUT2D eigenvalue weighted by Gasteiger charge is 2.38. The Hall–Kier alpha value is 0.0169. The molecule has 0 rings (SSSR count). The highest BCUT2D eigenvalue weighted by atomic mass is 28.4. The topological polar surface area (TPSA) is 58.9 Å². The number of aliphatic hydroxyl groups excluding tert-OH is 1. The summed E-state index contributed by atoms with van der Waals surface area (Å²) in [4.78, 5) is 10.7. The van der Waals surface area contributed by atoms with Gasteiger partial charge in [0.15, 0.2) is 0 Å². The smallest absolute Gasteiger partial charge is 0.394 e. The standard InChI is InChI=1S/C28H62NO4Si/c1-6-8-9-10-11-12-13-14-15-16-17-18-19-20-21-22-24-29(4,5)25-23-26-34(31,32-7-2)33-28(3)27-30/h28,30-31H,6-27H2,1-5H3/q+1. The Labute approximate surface area is 214 Å². The van der Waals surface area contributed by atoms with E-state index in [4.69, 9.17) is 8.85 Å². The Bertz CT molecular complexity index is 439. The molecule has 0 heterocycles. The Morgan fingerprint density at radius 1 is 0.676 bits per heavy atom. The van der Waals surface area contributed by atoms with Crippen LogP contribution < -0.4 is 0 Å². The van der Waals surface area contributed by atoms with E-state index in [0.717, 1.165) is 17.4 Å². The third-order valence-corrected chi connectivity index (χ3v) is 9.38.